The molecule has 0 unspecified atom stereocenters. The zero-order valence-corrected chi connectivity index (χ0v) is 13.6. The molecule has 0 fully saturated rings. The van der Waals surface area contributed by atoms with E-state index in [0.29, 0.717) is 16.4 Å². The second-order valence-corrected chi connectivity index (χ2v) is 5.57. The smallest absolute Gasteiger partial charge is 0.185 e. The van der Waals surface area contributed by atoms with Gasteiger partial charge < -0.3 is 5.32 Å². The minimum atomic E-state index is -0.0822. The Labute approximate surface area is 145 Å². The largest absolute Gasteiger partial charge is 0.340 e. The molecule has 1 aromatic heterocycles. The summed E-state index contributed by atoms with van der Waals surface area (Å²) in [4.78, 5) is 16.6. The second kappa shape index (κ2) is 7.57. The van der Waals surface area contributed by atoms with Gasteiger partial charge in [0.25, 0.3) is 0 Å². The fourth-order valence-electron chi connectivity index (χ4n) is 2.19. The molecule has 2 aromatic carbocycles. The Hall–Kier alpha value is -2.91. The van der Waals surface area contributed by atoms with Gasteiger partial charge in [0.2, 0.25) is 0 Å². The molecule has 4 heteroatoms. The highest BCUT2D eigenvalue weighted by molar-refractivity contribution is 6.30. The number of hydrogen-bond acceptors (Lipinski definition) is 3. The van der Waals surface area contributed by atoms with Crippen LogP contribution in [0.4, 0.5) is 11.5 Å². The number of carbonyl (C=O) groups excluding carboxylic acids is 1. The summed E-state index contributed by atoms with van der Waals surface area (Å²) in [7, 11) is 0. The summed E-state index contributed by atoms with van der Waals surface area (Å²) in [5.74, 6) is 0.616. The van der Waals surface area contributed by atoms with Crippen LogP contribution in [0.25, 0.3) is 6.08 Å². The maximum Gasteiger partial charge on any atom is 0.185 e. The summed E-state index contributed by atoms with van der Waals surface area (Å²) >= 11 is 5.84. The summed E-state index contributed by atoms with van der Waals surface area (Å²) in [6, 6.07) is 20.3. The number of hydrogen-bond donors (Lipinski definition) is 1. The lowest BCUT2D eigenvalue weighted by Crippen LogP contribution is -1.97. The first-order valence-corrected chi connectivity index (χ1v) is 7.85. The average Bonchev–Trinajstić information content (AvgIpc) is 2.62. The van der Waals surface area contributed by atoms with Gasteiger partial charge in [0.05, 0.1) is 0 Å². The second-order valence-electron chi connectivity index (χ2n) is 5.14. The van der Waals surface area contributed by atoms with Crippen molar-refractivity contribution in [1.29, 1.82) is 0 Å². The molecule has 118 valence electrons. The number of benzene rings is 2. The van der Waals surface area contributed by atoms with Crippen molar-refractivity contribution in [3.05, 3.63) is 95.2 Å². The lowest BCUT2D eigenvalue weighted by molar-refractivity contribution is 0.104. The predicted molar refractivity (Wildman–Crippen MR) is 98.8 cm³/mol. The molecule has 0 radical (unpaired) electrons. The maximum absolute atomic E-state index is 12.2. The van der Waals surface area contributed by atoms with Crippen LogP contribution in [0.15, 0.2) is 79.0 Å². The normalized spacial score (nSPS) is 10.7. The van der Waals surface area contributed by atoms with E-state index < -0.39 is 0 Å². The van der Waals surface area contributed by atoms with E-state index in [9.17, 15) is 4.79 Å². The number of anilines is 2. The molecule has 0 saturated carbocycles. The molecular formula is C20H15ClN2O. The summed E-state index contributed by atoms with van der Waals surface area (Å²) in [6.45, 7) is 0. The van der Waals surface area contributed by atoms with Gasteiger partial charge in [-0.1, -0.05) is 29.8 Å². The van der Waals surface area contributed by atoms with E-state index in [1.54, 1.807) is 36.5 Å². The Balaban J connectivity index is 1.80. The summed E-state index contributed by atoms with van der Waals surface area (Å²) < 4.78 is 0. The van der Waals surface area contributed by atoms with Crippen LogP contribution in [-0.2, 0) is 0 Å². The number of allylic oxidation sites excluding steroid dienone is 1. The van der Waals surface area contributed by atoms with E-state index in [0.717, 1.165) is 11.3 Å². The molecule has 0 aliphatic heterocycles. The van der Waals surface area contributed by atoms with Crippen LogP contribution in [0.2, 0.25) is 5.02 Å². The van der Waals surface area contributed by atoms with Gasteiger partial charge in [0.1, 0.15) is 5.82 Å². The molecule has 1 heterocycles. The topological polar surface area (TPSA) is 42.0 Å². The highest BCUT2D eigenvalue weighted by Crippen LogP contribution is 2.19. The monoisotopic (exact) mass is 334 g/mol. The van der Waals surface area contributed by atoms with Gasteiger partial charge in [0, 0.05) is 28.0 Å². The van der Waals surface area contributed by atoms with Crippen LogP contribution >= 0.6 is 11.6 Å². The van der Waals surface area contributed by atoms with Crippen molar-refractivity contribution >= 4 is 35.0 Å². The first-order valence-electron chi connectivity index (χ1n) is 7.47. The SMILES string of the molecule is O=C(C=Cc1cccnc1Nc1ccccc1)c1ccc(Cl)cc1. The lowest BCUT2D eigenvalue weighted by Gasteiger charge is -2.08. The number of halogens is 1. The van der Waals surface area contributed by atoms with E-state index >= 15 is 0 Å². The summed E-state index contributed by atoms with van der Waals surface area (Å²) in [6.07, 6.45) is 5.01. The van der Waals surface area contributed by atoms with E-state index in [1.165, 1.54) is 6.08 Å². The van der Waals surface area contributed by atoms with Gasteiger partial charge in [-0.2, -0.15) is 0 Å². The molecule has 0 amide bonds. The Kier molecular flexibility index (Phi) is 5.04. The van der Waals surface area contributed by atoms with Crippen LogP contribution in [-0.4, -0.2) is 10.8 Å². The molecule has 3 rings (SSSR count). The van der Waals surface area contributed by atoms with E-state index in [1.807, 2.05) is 42.5 Å². The van der Waals surface area contributed by atoms with Crippen LogP contribution in [0.5, 0.6) is 0 Å². The minimum absolute atomic E-state index is 0.0822. The van der Waals surface area contributed by atoms with E-state index in [2.05, 4.69) is 10.3 Å². The summed E-state index contributed by atoms with van der Waals surface area (Å²) in [5, 5.41) is 3.86. The van der Waals surface area contributed by atoms with Crippen molar-refractivity contribution in [2.75, 3.05) is 5.32 Å². The Morgan fingerprint density at radius 2 is 1.71 bits per heavy atom. The fourth-order valence-corrected chi connectivity index (χ4v) is 2.32. The highest BCUT2D eigenvalue weighted by Gasteiger charge is 2.04. The van der Waals surface area contributed by atoms with Gasteiger partial charge in [0.15, 0.2) is 5.78 Å². The third-order valence-corrected chi connectivity index (χ3v) is 3.67. The molecular weight excluding hydrogens is 320 g/mol. The Bertz CT molecular complexity index is 858. The zero-order valence-electron chi connectivity index (χ0n) is 12.8. The molecule has 3 nitrogen and oxygen atoms in total. The van der Waals surface area contributed by atoms with Crippen molar-refractivity contribution in [3.63, 3.8) is 0 Å². The van der Waals surface area contributed by atoms with Gasteiger partial charge >= 0.3 is 0 Å². The number of ketones is 1. The first kappa shape index (κ1) is 16.0. The van der Waals surface area contributed by atoms with E-state index in [4.69, 9.17) is 11.6 Å². The minimum Gasteiger partial charge on any atom is -0.340 e. The van der Waals surface area contributed by atoms with E-state index in [-0.39, 0.29) is 5.78 Å². The lowest BCUT2D eigenvalue weighted by atomic mass is 10.1. The maximum atomic E-state index is 12.2. The first-order chi connectivity index (χ1) is 11.7. The molecule has 1 N–H and O–H groups in total. The van der Waals surface area contributed by atoms with Crippen molar-refractivity contribution < 1.29 is 4.79 Å². The molecule has 3 aromatic rings. The van der Waals surface area contributed by atoms with Crippen LogP contribution in [0, 0.1) is 0 Å². The molecule has 0 spiro atoms. The van der Waals surface area contributed by atoms with Crippen LogP contribution < -0.4 is 5.32 Å². The number of carbonyl (C=O) groups is 1. The molecule has 0 aliphatic carbocycles. The van der Waals surface area contributed by atoms with Crippen LogP contribution in [0.3, 0.4) is 0 Å². The third kappa shape index (κ3) is 4.09. The van der Waals surface area contributed by atoms with Gasteiger partial charge in [-0.3, -0.25) is 4.79 Å². The number of aromatic nitrogens is 1. The predicted octanol–water partition coefficient (Wildman–Crippen LogP) is 5.37. The summed E-state index contributed by atoms with van der Waals surface area (Å²) in [5.41, 5.74) is 2.37. The molecule has 0 saturated heterocycles. The van der Waals surface area contributed by atoms with Crippen LogP contribution in [0.1, 0.15) is 15.9 Å². The molecule has 0 aliphatic rings. The van der Waals surface area contributed by atoms with Crippen molar-refractivity contribution in [2.24, 2.45) is 0 Å². The van der Waals surface area contributed by atoms with Gasteiger partial charge in [-0.25, -0.2) is 4.98 Å². The number of para-hydroxylation sites is 1. The van der Waals surface area contributed by atoms with Crippen molar-refractivity contribution in [3.8, 4) is 0 Å². The number of pyridine rings is 1. The molecule has 0 bridgehead atoms. The third-order valence-electron chi connectivity index (χ3n) is 3.42. The van der Waals surface area contributed by atoms with Crippen molar-refractivity contribution in [2.45, 2.75) is 0 Å². The number of nitrogens with zero attached hydrogens (tertiary/aromatic N) is 1. The fraction of sp³-hybridized carbons (Fsp3) is 0. The quantitative estimate of drug-likeness (QED) is 0.503. The Morgan fingerprint density at radius 1 is 0.958 bits per heavy atom. The average molecular weight is 335 g/mol. The van der Waals surface area contributed by atoms with Crippen molar-refractivity contribution in [1.82, 2.24) is 4.98 Å². The number of rotatable bonds is 5. The highest BCUT2D eigenvalue weighted by atomic mass is 35.5. The Morgan fingerprint density at radius 3 is 2.46 bits per heavy atom. The molecule has 0 atom stereocenters. The molecule has 24 heavy (non-hydrogen) atoms. The standard InChI is InChI=1S/C20H15ClN2O/c21-17-11-8-15(9-12-17)19(24)13-10-16-5-4-14-22-20(16)23-18-6-2-1-3-7-18/h1-14H,(H,22,23). The number of nitrogens with one attached hydrogen (secondary N) is 1. The van der Waals surface area contributed by atoms with Gasteiger partial charge in [-0.15, -0.1) is 0 Å². The van der Waals surface area contributed by atoms with Gasteiger partial charge in [-0.05, 0) is 60.7 Å². The zero-order chi connectivity index (χ0) is 16.8.